The van der Waals surface area contributed by atoms with Gasteiger partial charge in [0.25, 0.3) is 0 Å². The van der Waals surface area contributed by atoms with Gasteiger partial charge in [-0.2, -0.15) is 0 Å². The quantitative estimate of drug-likeness (QED) is 0.733. The molecule has 1 aromatic rings. The van der Waals surface area contributed by atoms with Crippen molar-refractivity contribution in [3.63, 3.8) is 0 Å². The van der Waals surface area contributed by atoms with E-state index in [0.29, 0.717) is 24.7 Å². The fourth-order valence-electron chi connectivity index (χ4n) is 2.94. The maximum Gasteiger partial charge on any atom is 0.224 e. The van der Waals surface area contributed by atoms with Crippen LogP contribution in [-0.2, 0) is 9.53 Å². The Morgan fingerprint density at radius 1 is 1.35 bits per heavy atom. The molecule has 2 unspecified atom stereocenters. The van der Waals surface area contributed by atoms with E-state index in [2.05, 4.69) is 24.1 Å². The molecule has 1 fully saturated rings. The molecule has 0 spiro atoms. The molecule has 1 aliphatic heterocycles. The Morgan fingerprint density at radius 3 is 2.50 bits per heavy atom. The van der Waals surface area contributed by atoms with E-state index < -0.39 is 0 Å². The van der Waals surface area contributed by atoms with Crippen LogP contribution in [0.1, 0.15) is 32.4 Å². The number of morpholine rings is 1. The summed E-state index contributed by atoms with van der Waals surface area (Å²) in [6, 6.07) is 7.90. The number of nitrogens with two attached hydrogens (primary N) is 1. The predicted octanol–water partition coefficient (Wildman–Crippen LogP) is 3.05. The molecule has 26 heavy (non-hydrogen) atoms. The number of carbonyl (C=O) groups excluding carboxylic acids is 1. The van der Waals surface area contributed by atoms with Gasteiger partial charge in [0.1, 0.15) is 0 Å². The van der Waals surface area contributed by atoms with Crippen molar-refractivity contribution in [1.29, 1.82) is 0 Å². The molecule has 0 aromatic heterocycles. The molecule has 3 N–H and O–H groups in total. The lowest BCUT2D eigenvalue weighted by Gasteiger charge is -2.42. The minimum Gasteiger partial charge on any atom is -0.373 e. The van der Waals surface area contributed by atoms with Crippen LogP contribution in [0.2, 0.25) is 5.02 Å². The minimum atomic E-state index is -0.197. The largest absolute Gasteiger partial charge is 0.373 e. The highest BCUT2D eigenvalue weighted by molar-refractivity contribution is 6.30. The fourth-order valence-corrected chi connectivity index (χ4v) is 3.07. The summed E-state index contributed by atoms with van der Waals surface area (Å²) < 4.78 is 5.82. The predicted molar refractivity (Wildman–Crippen MR) is 112 cm³/mol. The number of benzene rings is 1. The third-order valence-corrected chi connectivity index (χ3v) is 4.67. The maximum absolute atomic E-state index is 12.1. The van der Waals surface area contributed by atoms with Crippen molar-refractivity contribution in [2.45, 2.75) is 32.4 Å². The van der Waals surface area contributed by atoms with Crippen molar-refractivity contribution < 1.29 is 9.53 Å². The van der Waals surface area contributed by atoms with Crippen LogP contribution in [0.4, 0.5) is 0 Å². The summed E-state index contributed by atoms with van der Waals surface area (Å²) in [7, 11) is 0. The van der Waals surface area contributed by atoms with E-state index in [1.54, 1.807) is 0 Å². The van der Waals surface area contributed by atoms with Crippen LogP contribution in [0, 0.1) is 5.92 Å². The first-order valence-electron chi connectivity index (χ1n) is 8.43. The van der Waals surface area contributed by atoms with Gasteiger partial charge in [-0.15, -0.1) is 24.8 Å². The lowest BCUT2D eigenvalue weighted by atomic mass is 10.0. The number of halogens is 3. The second-order valence-electron chi connectivity index (χ2n) is 7.03. The molecule has 150 valence electrons. The standard InChI is InChI=1S/C18H28ClN3O2.2ClH/c1-13(10-20)17(23)21-11-16(14-4-6-15(19)7-5-14)22-8-9-24-18(2,3)12-22;;/h4-7,13,16H,8-12,20H2,1-3H3,(H,21,23);2*1H. The highest BCUT2D eigenvalue weighted by Gasteiger charge is 2.32. The Balaban J connectivity index is 0.00000312. The summed E-state index contributed by atoms with van der Waals surface area (Å²) in [5.74, 6) is -0.194. The highest BCUT2D eigenvalue weighted by atomic mass is 35.5. The Morgan fingerprint density at radius 2 is 1.96 bits per heavy atom. The van der Waals surface area contributed by atoms with Crippen molar-refractivity contribution in [3.05, 3.63) is 34.9 Å². The Kier molecular flexibility index (Phi) is 11.1. The van der Waals surface area contributed by atoms with E-state index in [4.69, 9.17) is 22.1 Å². The van der Waals surface area contributed by atoms with Gasteiger partial charge in [0.05, 0.1) is 18.2 Å². The molecular weight excluding hydrogens is 397 g/mol. The van der Waals surface area contributed by atoms with E-state index >= 15 is 0 Å². The first-order valence-corrected chi connectivity index (χ1v) is 8.81. The topological polar surface area (TPSA) is 67.6 Å². The zero-order valence-corrected chi connectivity index (χ0v) is 17.9. The number of hydrogen-bond acceptors (Lipinski definition) is 4. The fraction of sp³-hybridized carbons (Fsp3) is 0.611. The molecule has 5 nitrogen and oxygen atoms in total. The molecule has 1 aromatic carbocycles. The molecule has 0 aliphatic carbocycles. The van der Waals surface area contributed by atoms with Gasteiger partial charge in [-0.1, -0.05) is 30.7 Å². The number of nitrogens with one attached hydrogen (secondary N) is 1. The van der Waals surface area contributed by atoms with Crippen LogP contribution < -0.4 is 11.1 Å². The first kappa shape index (κ1) is 25.4. The zero-order chi connectivity index (χ0) is 17.7. The Hall–Kier alpha value is -0.560. The number of ether oxygens (including phenoxy) is 1. The molecule has 2 rings (SSSR count). The lowest BCUT2D eigenvalue weighted by Crippen LogP contribution is -2.51. The van der Waals surface area contributed by atoms with E-state index in [1.807, 2.05) is 31.2 Å². The average Bonchev–Trinajstić information content (AvgIpc) is 2.54. The van der Waals surface area contributed by atoms with Gasteiger partial charge in [0.15, 0.2) is 0 Å². The van der Waals surface area contributed by atoms with Crippen LogP contribution in [0.15, 0.2) is 24.3 Å². The van der Waals surface area contributed by atoms with Crippen LogP contribution in [0.25, 0.3) is 0 Å². The second-order valence-corrected chi connectivity index (χ2v) is 7.46. The Bertz CT molecular complexity index is 555. The van der Waals surface area contributed by atoms with Gasteiger partial charge >= 0.3 is 0 Å². The SMILES string of the molecule is CC(CN)C(=O)NCC(c1ccc(Cl)cc1)N1CCOC(C)(C)C1.Cl.Cl. The molecule has 1 heterocycles. The van der Waals surface area contributed by atoms with Gasteiger partial charge < -0.3 is 15.8 Å². The van der Waals surface area contributed by atoms with Crippen molar-refractivity contribution in [3.8, 4) is 0 Å². The molecule has 8 heteroatoms. The molecule has 0 bridgehead atoms. The number of rotatable bonds is 6. The first-order chi connectivity index (χ1) is 11.3. The number of hydrogen-bond donors (Lipinski definition) is 2. The van der Waals surface area contributed by atoms with E-state index in [-0.39, 0.29) is 48.3 Å². The van der Waals surface area contributed by atoms with E-state index in [0.717, 1.165) is 18.7 Å². The molecule has 1 amide bonds. The third kappa shape index (κ3) is 7.22. The van der Waals surface area contributed by atoms with Crippen molar-refractivity contribution in [1.82, 2.24) is 10.2 Å². The van der Waals surface area contributed by atoms with Crippen molar-refractivity contribution in [2.24, 2.45) is 11.7 Å². The second kappa shape index (κ2) is 11.3. The summed E-state index contributed by atoms with van der Waals surface area (Å²) in [6.07, 6.45) is 0. The summed E-state index contributed by atoms with van der Waals surface area (Å²) >= 11 is 6.02. The van der Waals surface area contributed by atoms with Gasteiger partial charge in [0, 0.05) is 37.1 Å². The summed E-state index contributed by atoms with van der Waals surface area (Å²) in [5.41, 5.74) is 6.52. The molecule has 0 radical (unpaired) electrons. The van der Waals surface area contributed by atoms with Crippen LogP contribution in [-0.4, -0.2) is 49.2 Å². The van der Waals surface area contributed by atoms with Gasteiger partial charge in [0.2, 0.25) is 5.91 Å². The lowest BCUT2D eigenvalue weighted by molar-refractivity contribution is -0.125. The zero-order valence-electron chi connectivity index (χ0n) is 15.5. The van der Waals surface area contributed by atoms with E-state index in [1.165, 1.54) is 0 Å². The molecule has 2 atom stereocenters. The summed E-state index contributed by atoms with van der Waals surface area (Å²) in [6.45, 7) is 9.24. The average molecular weight is 427 g/mol. The van der Waals surface area contributed by atoms with Gasteiger partial charge in [-0.25, -0.2) is 0 Å². The summed E-state index contributed by atoms with van der Waals surface area (Å²) in [4.78, 5) is 14.5. The van der Waals surface area contributed by atoms with Crippen molar-refractivity contribution in [2.75, 3.05) is 32.8 Å². The van der Waals surface area contributed by atoms with Crippen LogP contribution >= 0.6 is 36.4 Å². The molecular formula is C18H30Cl3N3O2. The smallest absolute Gasteiger partial charge is 0.224 e. The molecule has 0 saturated carbocycles. The number of carbonyl (C=O) groups is 1. The van der Waals surface area contributed by atoms with Crippen LogP contribution in [0.3, 0.4) is 0 Å². The monoisotopic (exact) mass is 425 g/mol. The number of nitrogens with zero attached hydrogens (tertiary/aromatic N) is 1. The minimum absolute atomic E-state index is 0. The van der Waals surface area contributed by atoms with E-state index in [9.17, 15) is 4.79 Å². The summed E-state index contributed by atoms with van der Waals surface area (Å²) in [5, 5.41) is 3.75. The Labute approximate surface area is 173 Å². The maximum atomic E-state index is 12.1. The van der Waals surface area contributed by atoms with Gasteiger partial charge in [-0.3, -0.25) is 9.69 Å². The number of amides is 1. The van der Waals surface area contributed by atoms with Crippen molar-refractivity contribution >= 4 is 42.3 Å². The third-order valence-electron chi connectivity index (χ3n) is 4.42. The highest BCUT2D eigenvalue weighted by Crippen LogP contribution is 2.27. The molecule has 1 saturated heterocycles. The molecule has 1 aliphatic rings. The van der Waals surface area contributed by atoms with Crippen LogP contribution in [0.5, 0.6) is 0 Å². The normalized spacial score (nSPS) is 18.8. The van der Waals surface area contributed by atoms with Gasteiger partial charge in [-0.05, 0) is 31.5 Å².